The summed E-state index contributed by atoms with van der Waals surface area (Å²) in [5, 5.41) is 8.98. The molecule has 0 heterocycles. The van der Waals surface area contributed by atoms with Gasteiger partial charge >= 0.3 is 0 Å². The van der Waals surface area contributed by atoms with Gasteiger partial charge < -0.3 is 20.5 Å². The number of nitrogens with zero attached hydrogens (tertiary/aromatic N) is 1. The van der Waals surface area contributed by atoms with Crippen molar-refractivity contribution in [3.05, 3.63) is 0 Å². The number of amides is 1. The van der Waals surface area contributed by atoms with Gasteiger partial charge in [-0.15, -0.1) is 0 Å². The van der Waals surface area contributed by atoms with Crippen molar-refractivity contribution < 1.29 is 14.6 Å². The number of nitrogens with two attached hydrogens (primary N) is 1. The summed E-state index contributed by atoms with van der Waals surface area (Å²) in [6, 6.07) is 0.154. The number of rotatable bonds is 7. The smallest absolute Gasteiger partial charge is 0.223 e. The molecule has 1 aliphatic carbocycles. The molecule has 106 valence electrons. The predicted molar refractivity (Wildman–Crippen MR) is 70.1 cm³/mol. The van der Waals surface area contributed by atoms with Crippen molar-refractivity contribution in [1.29, 1.82) is 0 Å². The molecule has 1 saturated carbocycles. The highest BCUT2D eigenvalue weighted by Crippen LogP contribution is 2.26. The second-order valence-electron chi connectivity index (χ2n) is 5.01. The van der Waals surface area contributed by atoms with E-state index in [0.29, 0.717) is 32.0 Å². The molecular formula is C13H26N2O3. The van der Waals surface area contributed by atoms with E-state index < -0.39 is 0 Å². The van der Waals surface area contributed by atoms with E-state index in [-0.39, 0.29) is 18.6 Å². The van der Waals surface area contributed by atoms with E-state index in [4.69, 9.17) is 15.6 Å². The van der Waals surface area contributed by atoms with E-state index in [1.54, 1.807) is 12.0 Å². The number of carbonyl (C=O) groups is 1. The summed E-state index contributed by atoms with van der Waals surface area (Å²) < 4.78 is 4.98. The third-order valence-electron chi connectivity index (χ3n) is 3.69. The molecule has 0 radical (unpaired) electrons. The second kappa shape index (κ2) is 8.45. The van der Waals surface area contributed by atoms with Crippen molar-refractivity contribution in [2.75, 3.05) is 33.4 Å². The summed E-state index contributed by atoms with van der Waals surface area (Å²) >= 11 is 0. The Kier molecular flexibility index (Phi) is 7.23. The maximum Gasteiger partial charge on any atom is 0.223 e. The summed E-state index contributed by atoms with van der Waals surface area (Å²) in [6.07, 6.45) is 4.92. The number of methoxy groups -OCH3 is 1. The Morgan fingerprint density at radius 2 is 2.11 bits per heavy atom. The van der Waals surface area contributed by atoms with E-state index in [1.807, 2.05) is 0 Å². The maximum atomic E-state index is 12.2. The molecule has 1 aliphatic rings. The van der Waals surface area contributed by atoms with Gasteiger partial charge in [0, 0.05) is 32.7 Å². The first-order chi connectivity index (χ1) is 8.69. The van der Waals surface area contributed by atoms with E-state index >= 15 is 0 Å². The molecule has 0 saturated heterocycles. The third kappa shape index (κ3) is 4.92. The van der Waals surface area contributed by atoms with Crippen LogP contribution in [0.3, 0.4) is 0 Å². The Hall–Kier alpha value is -0.650. The first-order valence-electron chi connectivity index (χ1n) is 6.82. The van der Waals surface area contributed by atoms with Gasteiger partial charge in [-0.25, -0.2) is 0 Å². The summed E-state index contributed by atoms with van der Waals surface area (Å²) in [7, 11) is 1.61. The molecule has 1 rings (SSSR count). The highest BCUT2D eigenvalue weighted by Gasteiger charge is 2.26. The van der Waals surface area contributed by atoms with Crippen LogP contribution in [0.5, 0.6) is 0 Å². The van der Waals surface area contributed by atoms with Gasteiger partial charge in [0.2, 0.25) is 5.91 Å². The van der Waals surface area contributed by atoms with E-state index in [2.05, 4.69) is 0 Å². The zero-order valence-corrected chi connectivity index (χ0v) is 11.3. The normalized spacial score (nSPS) is 23.9. The molecule has 5 nitrogen and oxygen atoms in total. The Morgan fingerprint density at radius 1 is 1.39 bits per heavy atom. The Labute approximate surface area is 109 Å². The molecule has 3 N–H and O–H groups in total. The third-order valence-corrected chi connectivity index (χ3v) is 3.69. The van der Waals surface area contributed by atoms with Crippen molar-refractivity contribution in [2.45, 2.75) is 38.1 Å². The Balaban J connectivity index is 2.43. The number of aliphatic hydroxyl groups is 1. The topological polar surface area (TPSA) is 75.8 Å². The van der Waals surface area contributed by atoms with Gasteiger partial charge in [0.1, 0.15) is 0 Å². The molecule has 1 fully saturated rings. The number of ether oxygens (including phenoxy) is 1. The lowest BCUT2D eigenvalue weighted by atomic mass is 9.83. The van der Waals surface area contributed by atoms with Crippen LogP contribution >= 0.6 is 0 Å². The fraction of sp³-hybridized carbons (Fsp3) is 0.923. The zero-order valence-electron chi connectivity index (χ0n) is 11.3. The molecule has 0 aromatic carbocycles. The van der Waals surface area contributed by atoms with Gasteiger partial charge in [-0.3, -0.25) is 4.79 Å². The number of aliphatic hydroxyl groups excluding tert-OH is 1. The van der Waals surface area contributed by atoms with Crippen LogP contribution in [0.2, 0.25) is 0 Å². The van der Waals surface area contributed by atoms with Crippen LogP contribution in [0.1, 0.15) is 32.1 Å². The second-order valence-corrected chi connectivity index (χ2v) is 5.01. The molecule has 0 bridgehead atoms. The highest BCUT2D eigenvalue weighted by atomic mass is 16.5. The lowest BCUT2D eigenvalue weighted by Gasteiger charge is -2.30. The van der Waals surface area contributed by atoms with Crippen LogP contribution in [-0.4, -0.2) is 55.4 Å². The molecule has 0 spiro atoms. The predicted octanol–water partition coefficient (Wildman–Crippen LogP) is 0.361. The summed E-state index contributed by atoms with van der Waals surface area (Å²) in [6.45, 7) is 1.41. The standard InChI is InChI=1S/C13H26N2O3/c1-18-9-7-15(6-8-16)13(17)10-11-4-2-3-5-12(11)14/h11-12,16H,2-10,14H2,1H3. The minimum absolute atomic E-state index is 0.00776. The Morgan fingerprint density at radius 3 is 2.72 bits per heavy atom. The van der Waals surface area contributed by atoms with E-state index in [0.717, 1.165) is 12.8 Å². The summed E-state index contributed by atoms with van der Waals surface area (Å²) in [4.78, 5) is 13.8. The van der Waals surface area contributed by atoms with Gasteiger partial charge in [0.15, 0.2) is 0 Å². The van der Waals surface area contributed by atoms with Gasteiger partial charge in [-0.05, 0) is 18.8 Å². The van der Waals surface area contributed by atoms with Gasteiger partial charge in [0.05, 0.1) is 13.2 Å². The van der Waals surface area contributed by atoms with E-state index in [9.17, 15) is 4.79 Å². The highest BCUT2D eigenvalue weighted by molar-refractivity contribution is 5.76. The Bertz CT molecular complexity index is 248. The van der Waals surface area contributed by atoms with Crippen LogP contribution in [-0.2, 0) is 9.53 Å². The molecule has 0 aromatic heterocycles. The molecule has 5 heteroatoms. The van der Waals surface area contributed by atoms with Crippen molar-refractivity contribution >= 4 is 5.91 Å². The first-order valence-corrected chi connectivity index (χ1v) is 6.82. The van der Waals surface area contributed by atoms with Gasteiger partial charge in [-0.2, -0.15) is 0 Å². The maximum absolute atomic E-state index is 12.2. The van der Waals surface area contributed by atoms with E-state index in [1.165, 1.54) is 12.8 Å². The summed E-state index contributed by atoms with van der Waals surface area (Å²) in [5.41, 5.74) is 6.06. The van der Waals surface area contributed by atoms with Gasteiger partial charge in [0.25, 0.3) is 0 Å². The van der Waals surface area contributed by atoms with Crippen LogP contribution in [0.25, 0.3) is 0 Å². The van der Waals surface area contributed by atoms with Crippen molar-refractivity contribution in [1.82, 2.24) is 4.90 Å². The molecule has 2 atom stereocenters. The molecule has 2 unspecified atom stereocenters. The lowest BCUT2D eigenvalue weighted by Crippen LogP contribution is -2.41. The molecule has 1 amide bonds. The fourth-order valence-electron chi connectivity index (χ4n) is 2.53. The number of hydrogen-bond acceptors (Lipinski definition) is 4. The fourth-order valence-corrected chi connectivity index (χ4v) is 2.53. The van der Waals surface area contributed by atoms with Crippen LogP contribution in [0.15, 0.2) is 0 Å². The van der Waals surface area contributed by atoms with Crippen molar-refractivity contribution in [2.24, 2.45) is 11.7 Å². The quantitative estimate of drug-likeness (QED) is 0.691. The minimum Gasteiger partial charge on any atom is -0.395 e. The van der Waals surface area contributed by atoms with Gasteiger partial charge in [-0.1, -0.05) is 12.8 Å². The van der Waals surface area contributed by atoms with Crippen LogP contribution in [0, 0.1) is 5.92 Å². The first kappa shape index (κ1) is 15.4. The van der Waals surface area contributed by atoms with Crippen LogP contribution < -0.4 is 5.73 Å². The lowest BCUT2D eigenvalue weighted by molar-refractivity contribution is -0.133. The largest absolute Gasteiger partial charge is 0.395 e. The minimum atomic E-state index is -0.00776. The molecule has 18 heavy (non-hydrogen) atoms. The average Bonchev–Trinajstić information content (AvgIpc) is 2.37. The zero-order chi connectivity index (χ0) is 13.4. The molecular weight excluding hydrogens is 232 g/mol. The van der Waals surface area contributed by atoms with Crippen molar-refractivity contribution in [3.8, 4) is 0 Å². The molecule has 0 aliphatic heterocycles. The average molecular weight is 258 g/mol. The number of carbonyl (C=O) groups excluding carboxylic acids is 1. The molecule has 0 aromatic rings. The number of hydrogen-bond donors (Lipinski definition) is 2. The SMILES string of the molecule is COCCN(CCO)C(=O)CC1CCCCC1N. The van der Waals surface area contributed by atoms with Crippen molar-refractivity contribution in [3.63, 3.8) is 0 Å². The monoisotopic (exact) mass is 258 g/mol. The summed E-state index contributed by atoms with van der Waals surface area (Å²) in [5.74, 6) is 0.387. The van der Waals surface area contributed by atoms with Crippen LogP contribution in [0.4, 0.5) is 0 Å².